The summed E-state index contributed by atoms with van der Waals surface area (Å²) in [7, 11) is 2.25. The van der Waals surface area contributed by atoms with Crippen LogP contribution in [0.5, 0.6) is 0 Å². The zero-order chi connectivity index (χ0) is 19.0. The van der Waals surface area contributed by atoms with Gasteiger partial charge < -0.3 is 15.5 Å². The molecule has 1 unspecified atom stereocenters. The Morgan fingerprint density at radius 2 is 1.68 bits per heavy atom. The monoisotopic (exact) mass is 505 g/mol. The molecule has 0 bridgehead atoms. The van der Waals surface area contributed by atoms with Crippen LogP contribution in [0.2, 0.25) is 0 Å². The minimum atomic E-state index is 0. The van der Waals surface area contributed by atoms with Crippen molar-refractivity contribution >= 4 is 29.9 Å². The summed E-state index contributed by atoms with van der Waals surface area (Å²) in [6.07, 6.45) is 13.7. The van der Waals surface area contributed by atoms with Crippen LogP contribution < -0.4 is 10.6 Å². The Morgan fingerprint density at radius 3 is 2.36 bits per heavy atom. The lowest BCUT2D eigenvalue weighted by Gasteiger charge is -2.47. The summed E-state index contributed by atoms with van der Waals surface area (Å²) in [4.78, 5) is 10.4. The SMILES string of the molecule is CCNC(=NCC1(N2CCCCC2)CCCCC1)NCC1CCCN(C)C1.I. The van der Waals surface area contributed by atoms with Gasteiger partial charge in [-0.3, -0.25) is 9.89 Å². The molecule has 1 saturated carbocycles. The standard InChI is InChI=1S/C22H43N5.HI/c1-3-23-21(24-17-20-11-10-14-26(2)18-20)25-19-22(12-6-4-7-13-22)27-15-8-5-9-16-27;/h20H,3-19H2,1-2H3,(H2,23,24,25);1H. The zero-order valence-corrected chi connectivity index (χ0v) is 20.7. The van der Waals surface area contributed by atoms with Crippen LogP contribution >= 0.6 is 24.0 Å². The van der Waals surface area contributed by atoms with Gasteiger partial charge in [0, 0.05) is 25.2 Å². The maximum absolute atomic E-state index is 5.13. The van der Waals surface area contributed by atoms with Gasteiger partial charge in [-0.2, -0.15) is 0 Å². The average molecular weight is 506 g/mol. The number of halogens is 1. The molecule has 0 aromatic rings. The Kier molecular flexibility index (Phi) is 10.9. The van der Waals surface area contributed by atoms with E-state index in [0.717, 1.165) is 31.5 Å². The van der Waals surface area contributed by atoms with E-state index in [2.05, 4.69) is 34.4 Å². The van der Waals surface area contributed by atoms with E-state index >= 15 is 0 Å². The Bertz CT molecular complexity index is 458. The number of guanidine groups is 1. The molecule has 0 radical (unpaired) electrons. The van der Waals surface area contributed by atoms with Crippen LogP contribution in [0.1, 0.15) is 71.1 Å². The molecule has 0 aromatic carbocycles. The van der Waals surface area contributed by atoms with Gasteiger partial charge in [-0.1, -0.05) is 25.7 Å². The van der Waals surface area contributed by atoms with E-state index in [0.29, 0.717) is 5.54 Å². The van der Waals surface area contributed by atoms with E-state index in [1.807, 2.05) is 0 Å². The summed E-state index contributed by atoms with van der Waals surface area (Å²) < 4.78 is 0. The minimum Gasteiger partial charge on any atom is -0.357 e. The molecule has 2 aliphatic heterocycles. The molecule has 3 aliphatic rings. The van der Waals surface area contributed by atoms with Crippen molar-refractivity contribution in [3.05, 3.63) is 0 Å². The van der Waals surface area contributed by atoms with Crippen LogP contribution in [0.3, 0.4) is 0 Å². The first-order chi connectivity index (χ1) is 13.2. The van der Waals surface area contributed by atoms with Crippen LogP contribution in [0, 0.1) is 5.92 Å². The third kappa shape index (κ3) is 7.01. The molecule has 0 amide bonds. The molecule has 1 atom stereocenters. The highest BCUT2D eigenvalue weighted by atomic mass is 127. The summed E-state index contributed by atoms with van der Waals surface area (Å²) in [6, 6.07) is 0. The lowest BCUT2D eigenvalue weighted by atomic mass is 9.79. The topological polar surface area (TPSA) is 42.9 Å². The van der Waals surface area contributed by atoms with E-state index in [9.17, 15) is 0 Å². The van der Waals surface area contributed by atoms with Crippen molar-refractivity contribution in [3.8, 4) is 0 Å². The average Bonchev–Trinajstić information content (AvgIpc) is 2.71. The normalized spacial score (nSPS) is 27.1. The molecular weight excluding hydrogens is 461 g/mol. The van der Waals surface area contributed by atoms with E-state index in [-0.39, 0.29) is 24.0 Å². The van der Waals surface area contributed by atoms with E-state index in [4.69, 9.17) is 4.99 Å². The number of hydrogen-bond acceptors (Lipinski definition) is 3. The number of likely N-dealkylation sites (tertiary alicyclic amines) is 2. The van der Waals surface area contributed by atoms with Crippen LogP contribution in [0.15, 0.2) is 4.99 Å². The summed E-state index contributed by atoms with van der Waals surface area (Å²) in [5.74, 6) is 1.78. The molecule has 3 rings (SSSR count). The number of aliphatic imine (C=N–C) groups is 1. The second-order valence-corrected chi connectivity index (χ2v) is 9.18. The number of hydrogen-bond donors (Lipinski definition) is 2. The van der Waals surface area contributed by atoms with E-state index in [1.54, 1.807) is 0 Å². The minimum absolute atomic E-state index is 0. The number of nitrogens with one attached hydrogen (secondary N) is 2. The molecular formula is C22H44IN5. The Labute approximate surface area is 190 Å². The second kappa shape index (κ2) is 12.6. The van der Waals surface area contributed by atoms with Gasteiger partial charge in [0.2, 0.25) is 0 Å². The third-order valence-electron chi connectivity index (χ3n) is 6.97. The van der Waals surface area contributed by atoms with Crippen molar-refractivity contribution in [1.29, 1.82) is 0 Å². The molecule has 5 nitrogen and oxygen atoms in total. The first kappa shape index (κ1) is 24.2. The fraction of sp³-hybridized carbons (Fsp3) is 0.955. The number of piperidine rings is 2. The highest BCUT2D eigenvalue weighted by Gasteiger charge is 2.38. The van der Waals surface area contributed by atoms with Gasteiger partial charge in [-0.05, 0) is 78.0 Å². The highest BCUT2D eigenvalue weighted by Crippen LogP contribution is 2.35. The summed E-state index contributed by atoms with van der Waals surface area (Å²) >= 11 is 0. The van der Waals surface area contributed by atoms with Gasteiger partial charge in [-0.25, -0.2) is 0 Å². The van der Waals surface area contributed by atoms with Gasteiger partial charge in [0.25, 0.3) is 0 Å². The Balaban J connectivity index is 0.00000280. The zero-order valence-electron chi connectivity index (χ0n) is 18.3. The maximum atomic E-state index is 5.13. The predicted molar refractivity (Wildman–Crippen MR) is 131 cm³/mol. The molecule has 0 spiro atoms. The Hall–Kier alpha value is -0.0800. The van der Waals surface area contributed by atoms with Crippen molar-refractivity contribution in [1.82, 2.24) is 20.4 Å². The lowest BCUT2D eigenvalue weighted by molar-refractivity contribution is 0.0407. The number of nitrogens with zero attached hydrogens (tertiary/aromatic N) is 3. The first-order valence-corrected chi connectivity index (χ1v) is 11.7. The van der Waals surface area contributed by atoms with Crippen molar-refractivity contribution < 1.29 is 0 Å². The summed E-state index contributed by atoms with van der Waals surface area (Å²) in [5, 5.41) is 7.16. The van der Waals surface area contributed by atoms with Gasteiger partial charge in [-0.15, -0.1) is 24.0 Å². The fourth-order valence-corrected chi connectivity index (χ4v) is 5.40. The van der Waals surface area contributed by atoms with E-state index < -0.39 is 0 Å². The molecule has 2 heterocycles. The molecule has 1 aliphatic carbocycles. The van der Waals surface area contributed by atoms with Crippen LogP contribution in [0.25, 0.3) is 0 Å². The van der Waals surface area contributed by atoms with Crippen LogP contribution in [-0.2, 0) is 0 Å². The molecule has 164 valence electrons. The third-order valence-corrected chi connectivity index (χ3v) is 6.97. The molecule has 2 saturated heterocycles. The second-order valence-electron chi connectivity index (χ2n) is 9.18. The highest BCUT2D eigenvalue weighted by molar-refractivity contribution is 14.0. The lowest BCUT2D eigenvalue weighted by Crippen LogP contribution is -2.55. The van der Waals surface area contributed by atoms with Gasteiger partial charge in [0.05, 0.1) is 6.54 Å². The van der Waals surface area contributed by atoms with Crippen molar-refractivity contribution in [2.45, 2.75) is 76.7 Å². The van der Waals surface area contributed by atoms with Crippen LogP contribution in [0.4, 0.5) is 0 Å². The van der Waals surface area contributed by atoms with Crippen LogP contribution in [-0.4, -0.2) is 74.2 Å². The summed E-state index contributed by atoms with van der Waals surface area (Å²) in [6.45, 7) is 10.2. The first-order valence-electron chi connectivity index (χ1n) is 11.7. The smallest absolute Gasteiger partial charge is 0.191 e. The van der Waals surface area contributed by atoms with Gasteiger partial charge in [0.1, 0.15) is 0 Å². The predicted octanol–water partition coefficient (Wildman–Crippen LogP) is 3.69. The summed E-state index contributed by atoms with van der Waals surface area (Å²) in [5.41, 5.74) is 0.325. The molecule has 28 heavy (non-hydrogen) atoms. The van der Waals surface area contributed by atoms with Gasteiger partial charge in [0.15, 0.2) is 5.96 Å². The largest absolute Gasteiger partial charge is 0.357 e. The van der Waals surface area contributed by atoms with Crippen molar-refractivity contribution in [2.75, 3.05) is 52.9 Å². The molecule has 2 N–H and O–H groups in total. The van der Waals surface area contributed by atoms with E-state index in [1.165, 1.54) is 90.4 Å². The van der Waals surface area contributed by atoms with Crippen molar-refractivity contribution in [3.63, 3.8) is 0 Å². The van der Waals surface area contributed by atoms with Gasteiger partial charge >= 0.3 is 0 Å². The fourth-order valence-electron chi connectivity index (χ4n) is 5.40. The molecule has 3 fully saturated rings. The maximum Gasteiger partial charge on any atom is 0.191 e. The Morgan fingerprint density at radius 1 is 0.964 bits per heavy atom. The number of rotatable bonds is 6. The molecule has 0 aromatic heterocycles. The molecule has 6 heteroatoms. The van der Waals surface area contributed by atoms with Crippen molar-refractivity contribution in [2.24, 2.45) is 10.9 Å². The quantitative estimate of drug-likeness (QED) is 0.328.